The summed E-state index contributed by atoms with van der Waals surface area (Å²) in [4.78, 5) is 3.93. The van der Waals surface area contributed by atoms with Gasteiger partial charge in [0.2, 0.25) is 0 Å². The van der Waals surface area contributed by atoms with Crippen LogP contribution in [0.4, 0.5) is 0 Å². The van der Waals surface area contributed by atoms with Gasteiger partial charge in [-0.25, -0.2) is 0 Å². The Bertz CT molecular complexity index is 305. The second-order valence-electron chi connectivity index (χ2n) is 1.89. The summed E-state index contributed by atoms with van der Waals surface area (Å²) in [5, 5.41) is 8.78. The van der Waals surface area contributed by atoms with Crippen LogP contribution < -0.4 is 10.7 Å². The molecule has 1 rings (SSSR count). The van der Waals surface area contributed by atoms with Crippen molar-refractivity contribution in [3.05, 3.63) is 19.8 Å². The van der Waals surface area contributed by atoms with E-state index in [2.05, 4.69) is 27.6 Å². The van der Waals surface area contributed by atoms with E-state index in [0.29, 0.717) is 5.36 Å². The summed E-state index contributed by atoms with van der Waals surface area (Å²) < 4.78 is 1.14. The molecule has 0 fully saturated rings. The monoisotopic (exact) mass is 234 g/mol. The molecule has 0 aliphatic heterocycles. The SMILES string of the molecule is C/N=c1\c(I)c(C)c1=N. The number of halogens is 1. The third-order valence-corrected chi connectivity index (χ3v) is 2.69. The zero-order valence-corrected chi connectivity index (χ0v) is 7.48. The Morgan fingerprint density at radius 3 is 2.33 bits per heavy atom. The zero-order valence-electron chi connectivity index (χ0n) is 5.33. The van der Waals surface area contributed by atoms with E-state index in [-0.39, 0.29) is 0 Å². The van der Waals surface area contributed by atoms with Crippen LogP contribution in [-0.2, 0) is 0 Å². The maximum absolute atomic E-state index is 7.33. The molecule has 0 radical (unpaired) electrons. The van der Waals surface area contributed by atoms with Gasteiger partial charge in [0.25, 0.3) is 0 Å². The van der Waals surface area contributed by atoms with E-state index < -0.39 is 0 Å². The van der Waals surface area contributed by atoms with Gasteiger partial charge < -0.3 is 0 Å². The second-order valence-corrected chi connectivity index (χ2v) is 2.96. The first-order chi connectivity index (χ1) is 4.18. The summed E-state index contributed by atoms with van der Waals surface area (Å²) >= 11 is 2.20. The van der Waals surface area contributed by atoms with Crippen molar-refractivity contribution in [1.29, 1.82) is 5.41 Å². The first-order valence-electron chi connectivity index (χ1n) is 2.61. The molecule has 0 aliphatic rings. The van der Waals surface area contributed by atoms with E-state index in [1.807, 2.05) is 6.92 Å². The molecule has 3 heteroatoms. The number of hydrogen-bond donors (Lipinski definition) is 1. The number of nitrogens with zero attached hydrogens (tertiary/aromatic N) is 1. The molecular weight excluding hydrogens is 227 g/mol. The molecule has 2 nitrogen and oxygen atoms in total. The van der Waals surface area contributed by atoms with Gasteiger partial charge in [0.15, 0.2) is 0 Å². The highest BCUT2D eigenvalue weighted by molar-refractivity contribution is 14.1. The topological polar surface area (TPSA) is 36.2 Å². The molecule has 0 saturated heterocycles. The van der Waals surface area contributed by atoms with Gasteiger partial charge in [-0.2, -0.15) is 0 Å². The summed E-state index contributed by atoms with van der Waals surface area (Å²) in [5.41, 5.74) is 1.07. The van der Waals surface area contributed by atoms with Crippen LogP contribution in [0.5, 0.6) is 0 Å². The van der Waals surface area contributed by atoms with Crippen molar-refractivity contribution in [2.24, 2.45) is 4.99 Å². The fourth-order valence-corrected chi connectivity index (χ4v) is 1.50. The van der Waals surface area contributed by atoms with Gasteiger partial charge in [-0.15, -0.1) is 0 Å². The first kappa shape index (κ1) is 6.92. The Morgan fingerprint density at radius 1 is 1.56 bits per heavy atom. The van der Waals surface area contributed by atoms with Gasteiger partial charge in [-0.3, -0.25) is 10.4 Å². The number of hydrogen-bond acceptors (Lipinski definition) is 2. The molecule has 0 aliphatic carbocycles. The van der Waals surface area contributed by atoms with Crippen LogP contribution in [0.2, 0.25) is 0 Å². The lowest BCUT2D eigenvalue weighted by molar-refractivity contribution is 1.04. The molecule has 0 atom stereocenters. The molecule has 0 bridgehead atoms. The van der Waals surface area contributed by atoms with Crippen LogP contribution >= 0.6 is 22.6 Å². The van der Waals surface area contributed by atoms with Crippen molar-refractivity contribution in [1.82, 2.24) is 0 Å². The Morgan fingerprint density at radius 2 is 2.11 bits per heavy atom. The quantitative estimate of drug-likeness (QED) is 0.634. The number of rotatable bonds is 0. The highest BCUT2D eigenvalue weighted by Gasteiger charge is 2.06. The summed E-state index contributed by atoms with van der Waals surface area (Å²) in [7, 11) is 1.72. The average Bonchev–Trinajstić information content (AvgIpc) is 1.89. The first-order valence-corrected chi connectivity index (χ1v) is 3.69. The van der Waals surface area contributed by atoms with Crippen LogP contribution in [-0.4, -0.2) is 7.05 Å². The van der Waals surface area contributed by atoms with Crippen LogP contribution in [0.1, 0.15) is 5.56 Å². The van der Waals surface area contributed by atoms with Gasteiger partial charge in [-0.05, 0) is 35.1 Å². The van der Waals surface area contributed by atoms with Crippen molar-refractivity contribution >= 4 is 22.6 Å². The lowest BCUT2D eigenvalue weighted by Gasteiger charge is -2.01. The van der Waals surface area contributed by atoms with Crippen LogP contribution in [0.15, 0.2) is 4.99 Å². The normalized spacial score (nSPS) is 13.0. The maximum Gasteiger partial charge on any atom is 0.0960 e. The zero-order chi connectivity index (χ0) is 7.02. The average molecular weight is 234 g/mol. The van der Waals surface area contributed by atoms with Crippen molar-refractivity contribution in [2.75, 3.05) is 7.05 Å². The molecule has 0 unspecified atom stereocenters. The molecular formula is C6H7IN2. The fraction of sp³-hybridized carbons (Fsp3) is 0.333. The summed E-state index contributed by atoms with van der Waals surface area (Å²) in [5.74, 6) is 0. The van der Waals surface area contributed by atoms with E-state index >= 15 is 0 Å². The molecule has 48 valence electrons. The van der Waals surface area contributed by atoms with Gasteiger partial charge in [0, 0.05) is 10.6 Å². The van der Waals surface area contributed by atoms with Gasteiger partial charge in [0.05, 0.1) is 10.7 Å². The molecule has 1 aromatic rings. The third-order valence-electron chi connectivity index (χ3n) is 1.37. The molecule has 9 heavy (non-hydrogen) atoms. The van der Waals surface area contributed by atoms with E-state index in [9.17, 15) is 0 Å². The molecule has 0 amide bonds. The van der Waals surface area contributed by atoms with Crippen LogP contribution in [0.25, 0.3) is 0 Å². The Kier molecular flexibility index (Phi) is 1.70. The van der Waals surface area contributed by atoms with Crippen molar-refractivity contribution in [3.8, 4) is 0 Å². The highest BCUT2D eigenvalue weighted by atomic mass is 127. The van der Waals surface area contributed by atoms with Crippen LogP contribution in [0.3, 0.4) is 0 Å². The summed E-state index contributed by atoms with van der Waals surface area (Å²) in [6, 6.07) is 0. The van der Waals surface area contributed by atoms with E-state index in [1.54, 1.807) is 7.05 Å². The lowest BCUT2D eigenvalue weighted by Crippen LogP contribution is -2.38. The molecule has 1 aromatic carbocycles. The fourth-order valence-electron chi connectivity index (χ4n) is 0.722. The van der Waals surface area contributed by atoms with Crippen molar-refractivity contribution in [3.63, 3.8) is 0 Å². The third kappa shape index (κ3) is 0.831. The summed E-state index contributed by atoms with van der Waals surface area (Å²) in [6.45, 7) is 1.94. The van der Waals surface area contributed by atoms with Gasteiger partial charge in [-0.1, -0.05) is 0 Å². The minimum absolute atomic E-state index is 0.599. The minimum atomic E-state index is 0.599. The standard InChI is InChI=1S/C6H7IN2/c1-3-4(7)6(9-2)5(3)8/h8H,1-2H3/b8-5?,9-6+. The number of nitrogens with one attached hydrogen (secondary N) is 1. The van der Waals surface area contributed by atoms with E-state index in [1.165, 1.54) is 0 Å². The molecule has 0 aromatic heterocycles. The van der Waals surface area contributed by atoms with Gasteiger partial charge in [0.1, 0.15) is 0 Å². The molecule has 0 spiro atoms. The Balaban J connectivity index is 3.44. The molecule has 0 saturated carbocycles. The second kappa shape index (κ2) is 2.21. The highest BCUT2D eigenvalue weighted by Crippen LogP contribution is 2.00. The van der Waals surface area contributed by atoms with Crippen molar-refractivity contribution in [2.45, 2.75) is 6.92 Å². The maximum atomic E-state index is 7.33. The van der Waals surface area contributed by atoms with Crippen LogP contribution in [0, 0.1) is 15.9 Å². The minimum Gasteiger partial charge on any atom is -0.298 e. The van der Waals surface area contributed by atoms with Crippen molar-refractivity contribution < 1.29 is 0 Å². The van der Waals surface area contributed by atoms with Gasteiger partial charge >= 0.3 is 0 Å². The lowest BCUT2D eigenvalue weighted by atomic mass is 10.2. The Labute approximate surface area is 67.0 Å². The smallest absolute Gasteiger partial charge is 0.0960 e. The molecule has 1 N–H and O–H groups in total. The predicted molar refractivity (Wildman–Crippen MR) is 43.6 cm³/mol. The molecule has 0 heterocycles. The summed E-state index contributed by atoms with van der Waals surface area (Å²) in [6.07, 6.45) is 0. The van der Waals surface area contributed by atoms with E-state index in [4.69, 9.17) is 5.41 Å². The largest absolute Gasteiger partial charge is 0.298 e. The predicted octanol–water partition coefficient (Wildman–Crippen LogP) is 0.485. The Hall–Kier alpha value is -0.190. The van der Waals surface area contributed by atoms with E-state index in [0.717, 1.165) is 14.5 Å².